The van der Waals surface area contributed by atoms with Gasteiger partial charge in [-0.1, -0.05) is 22.0 Å². The van der Waals surface area contributed by atoms with Gasteiger partial charge in [0.05, 0.1) is 7.11 Å². The van der Waals surface area contributed by atoms with Crippen molar-refractivity contribution >= 4 is 21.7 Å². The number of anilines is 1. The maximum atomic E-state index is 5.17. The van der Waals surface area contributed by atoms with Crippen molar-refractivity contribution in [2.24, 2.45) is 5.92 Å². The first-order chi connectivity index (χ1) is 8.33. The largest absolute Gasteiger partial charge is 0.481 e. The summed E-state index contributed by atoms with van der Waals surface area (Å²) in [6, 6.07) is 5.97. The zero-order valence-electron chi connectivity index (χ0n) is 10.2. The molecule has 1 atom stereocenters. The van der Waals surface area contributed by atoms with Gasteiger partial charge >= 0.3 is 0 Å². The Hall–Kier alpha value is -0.770. The van der Waals surface area contributed by atoms with E-state index in [9.17, 15) is 0 Å². The molecule has 2 heterocycles. The van der Waals surface area contributed by atoms with Crippen LogP contribution in [0.5, 0.6) is 5.88 Å². The molecule has 0 aliphatic carbocycles. The fraction of sp³-hybridized carbons (Fsp3) is 0.615. The standard InChI is InChI=1S/C13H19BrN2O/c1-17-13-6-2-5-12(15-13)16-9-3-4-11(10-16)7-8-14/h2,5-6,11H,3-4,7-10H2,1H3. The lowest BCUT2D eigenvalue weighted by Gasteiger charge is -2.33. The van der Waals surface area contributed by atoms with Crippen molar-refractivity contribution < 1.29 is 4.74 Å². The third-order valence-electron chi connectivity index (χ3n) is 3.28. The van der Waals surface area contributed by atoms with E-state index in [0.29, 0.717) is 5.88 Å². The molecule has 94 valence electrons. The molecule has 1 aliphatic heterocycles. The molecule has 1 saturated heterocycles. The first-order valence-corrected chi connectivity index (χ1v) is 7.27. The zero-order valence-corrected chi connectivity index (χ0v) is 11.8. The lowest BCUT2D eigenvalue weighted by atomic mass is 9.96. The zero-order chi connectivity index (χ0) is 12.1. The fourth-order valence-corrected chi connectivity index (χ4v) is 3.00. The minimum atomic E-state index is 0.699. The highest BCUT2D eigenvalue weighted by molar-refractivity contribution is 9.09. The van der Waals surface area contributed by atoms with Crippen molar-refractivity contribution in [3.05, 3.63) is 18.2 Å². The van der Waals surface area contributed by atoms with E-state index in [1.54, 1.807) is 7.11 Å². The quantitative estimate of drug-likeness (QED) is 0.799. The lowest BCUT2D eigenvalue weighted by Crippen LogP contribution is -2.36. The van der Waals surface area contributed by atoms with Crippen LogP contribution < -0.4 is 9.64 Å². The fourth-order valence-electron chi connectivity index (χ4n) is 2.36. The highest BCUT2D eigenvalue weighted by Gasteiger charge is 2.20. The Morgan fingerprint density at radius 3 is 3.18 bits per heavy atom. The average molecular weight is 299 g/mol. The van der Waals surface area contributed by atoms with E-state index in [1.165, 1.54) is 19.3 Å². The first kappa shape index (κ1) is 12.7. The van der Waals surface area contributed by atoms with E-state index in [0.717, 1.165) is 30.2 Å². The van der Waals surface area contributed by atoms with Crippen molar-refractivity contribution in [3.8, 4) is 5.88 Å². The molecule has 4 heteroatoms. The number of ether oxygens (including phenoxy) is 1. The normalized spacial score (nSPS) is 20.4. The number of alkyl halides is 1. The molecule has 1 aromatic rings. The molecule has 0 saturated carbocycles. The van der Waals surface area contributed by atoms with Crippen molar-refractivity contribution in [1.29, 1.82) is 0 Å². The smallest absolute Gasteiger partial charge is 0.214 e. The summed E-state index contributed by atoms with van der Waals surface area (Å²) in [5, 5.41) is 1.09. The second-order valence-electron chi connectivity index (χ2n) is 4.47. The second kappa shape index (κ2) is 6.24. The van der Waals surface area contributed by atoms with Crippen LogP contribution in [0.1, 0.15) is 19.3 Å². The Morgan fingerprint density at radius 1 is 1.53 bits per heavy atom. The molecular weight excluding hydrogens is 280 g/mol. The Morgan fingerprint density at radius 2 is 2.41 bits per heavy atom. The van der Waals surface area contributed by atoms with Crippen LogP contribution in [0.25, 0.3) is 0 Å². The molecule has 1 fully saturated rings. The molecule has 1 aliphatic rings. The number of hydrogen-bond acceptors (Lipinski definition) is 3. The lowest BCUT2D eigenvalue weighted by molar-refractivity contribution is 0.390. The van der Waals surface area contributed by atoms with E-state index < -0.39 is 0 Å². The Bertz CT molecular complexity index is 357. The van der Waals surface area contributed by atoms with Gasteiger partial charge in [0.15, 0.2) is 0 Å². The van der Waals surface area contributed by atoms with Crippen molar-refractivity contribution in [2.75, 3.05) is 30.4 Å². The Kier molecular flexibility index (Phi) is 4.66. The summed E-state index contributed by atoms with van der Waals surface area (Å²) in [6.45, 7) is 2.23. The predicted molar refractivity (Wildman–Crippen MR) is 74.1 cm³/mol. The number of aromatic nitrogens is 1. The summed E-state index contributed by atoms with van der Waals surface area (Å²) in [4.78, 5) is 6.88. The molecule has 17 heavy (non-hydrogen) atoms. The molecule has 0 spiro atoms. The topological polar surface area (TPSA) is 25.4 Å². The minimum absolute atomic E-state index is 0.699. The second-order valence-corrected chi connectivity index (χ2v) is 5.26. The number of halogens is 1. The Balaban J connectivity index is 2.05. The SMILES string of the molecule is COc1cccc(N2CCCC(CCBr)C2)n1. The van der Waals surface area contributed by atoms with Crippen molar-refractivity contribution in [1.82, 2.24) is 4.98 Å². The van der Waals surface area contributed by atoms with Gasteiger partial charge in [-0.15, -0.1) is 0 Å². The van der Waals surface area contributed by atoms with Crippen LogP contribution in [0, 0.1) is 5.92 Å². The van der Waals surface area contributed by atoms with E-state index in [1.807, 2.05) is 12.1 Å². The average Bonchev–Trinajstić information content (AvgIpc) is 2.40. The minimum Gasteiger partial charge on any atom is -0.481 e. The summed E-state index contributed by atoms with van der Waals surface area (Å²) in [6.07, 6.45) is 3.85. The molecular formula is C13H19BrN2O. The van der Waals surface area contributed by atoms with Crippen LogP contribution in [0.2, 0.25) is 0 Å². The van der Waals surface area contributed by atoms with E-state index in [-0.39, 0.29) is 0 Å². The maximum Gasteiger partial charge on any atom is 0.214 e. The summed E-state index contributed by atoms with van der Waals surface area (Å²) >= 11 is 3.53. The van der Waals surface area contributed by atoms with Gasteiger partial charge in [0.1, 0.15) is 5.82 Å². The summed E-state index contributed by atoms with van der Waals surface area (Å²) < 4.78 is 5.17. The molecule has 0 N–H and O–H groups in total. The van der Waals surface area contributed by atoms with Crippen molar-refractivity contribution in [3.63, 3.8) is 0 Å². The summed E-state index contributed by atoms with van der Waals surface area (Å²) in [5.74, 6) is 2.53. The van der Waals surface area contributed by atoms with Crippen LogP contribution in [0.4, 0.5) is 5.82 Å². The molecule has 3 nitrogen and oxygen atoms in total. The van der Waals surface area contributed by atoms with Gasteiger partial charge in [0.25, 0.3) is 0 Å². The number of nitrogens with zero attached hydrogens (tertiary/aromatic N) is 2. The van der Waals surface area contributed by atoms with E-state index in [4.69, 9.17) is 4.74 Å². The predicted octanol–water partition coefficient (Wildman–Crippen LogP) is 3.09. The van der Waals surface area contributed by atoms with Crippen molar-refractivity contribution in [2.45, 2.75) is 19.3 Å². The maximum absolute atomic E-state index is 5.17. The van der Waals surface area contributed by atoms with Gasteiger partial charge in [-0.05, 0) is 31.2 Å². The molecule has 0 amide bonds. The number of hydrogen-bond donors (Lipinski definition) is 0. The van der Waals surface area contributed by atoms with Crippen LogP contribution in [0.15, 0.2) is 18.2 Å². The third-order valence-corrected chi connectivity index (χ3v) is 3.74. The van der Waals surface area contributed by atoms with Gasteiger partial charge in [0, 0.05) is 24.5 Å². The van der Waals surface area contributed by atoms with E-state index in [2.05, 4.69) is 31.9 Å². The van der Waals surface area contributed by atoms with E-state index >= 15 is 0 Å². The molecule has 1 aromatic heterocycles. The molecule has 0 bridgehead atoms. The van der Waals surface area contributed by atoms with Crippen LogP contribution in [-0.2, 0) is 0 Å². The van der Waals surface area contributed by atoms with Gasteiger partial charge in [0.2, 0.25) is 5.88 Å². The first-order valence-electron chi connectivity index (χ1n) is 6.15. The third kappa shape index (κ3) is 3.35. The van der Waals surface area contributed by atoms with Gasteiger partial charge in [-0.2, -0.15) is 4.98 Å². The number of piperidine rings is 1. The number of rotatable bonds is 4. The van der Waals surface area contributed by atoms with Crippen LogP contribution in [-0.4, -0.2) is 30.5 Å². The number of methoxy groups -OCH3 is 1. The summed E-state index contributed by atoms with van der Waals surface area (Å²) in [7, 11) is 1.66. The molecule has 2 rings (SSSR count). The molecule has 0 radical (unpaired) electrons. The highest BCUT2D eigenvalue weighted by Crippen LogP contribution is 2.25. The van der Waals surface area contributed by atoms with Crippen LogP contribution >= 0.6 is 15.9 Å². The van der Waals surface area contributed by atoms with Gasteiger partial charge in [-0.3, -0.25) is 0 Å². The number of pyridine rings is 1. The van der Waals surface area contributed by atoms with Gasteiger partial charge in [-0.25, -0.2) is 0 Å². The molecule has 1 unspecified atom stereocenters. The molecule has 0 aromatic carbocycles. The highest BCUT2D eigenvalue weighted by atomic mass is 79.9. The Labute approximate surface area is 111 Å². The van der Waals surface area contributed by atoms with Crippen LogP contribution in [0.3, 0.4) is 0 Å². The monoisotopic (exact) mass is 298 g/mol. The summed E-state index contributed by atoms with van der Waals surface area (Å²) in [5.41, 5.74) is 0. The van der Waals surface area contributed by atoms with Gasteiger partial charge < -0.3 is 9.64 Å².